The molecule has 0 atom stereocenters. The zero-order chi connectivity index (χ0) is 20.6. The summed E-state index contributed by atoms with van der Waals surface area (Å²) in [7, 11) is 0. The summed E-state index contributed by atoms with van der Waals surface area (Å²) in [5.41, 5.74) is 2.68. The minimum absolute atomic E-state index is 0.0638. The van der Waals surface area contributed by atoms with Crippen LogP contribution in [0.2, 0.25) is 0 Å². The number of nitrogens with one attached hydrogen (secondary N) is 3. The standard InChI is InChI=1S/C21H25N5O4/c27-18(4-7-22-20(28)14-1-2-16-17(11-14)30-13-29-16)26-9-5-21(6-10-26)19-15(3-8-25-21)23-12-24-19/h1-2,11-12,25H,3-10,13H2,(H,22,28)(H,23,24). The van der Waals surface area contributed by atoms with E-state index in [0.29, 0.717) is 36.7 Å². The Hall–Kier alpha value is -3.07. The molecule has 0 saturated carbocycles. The normalized spacial score (nSPS) is 18.9. The number of hydrogen-bond donors (Lipinski definition) is 3. The molecule has 5 rings (SSSR count). The highest BCUT2D eigenvalue weighted by Gasteiger charge is 2.41. The molecule has 0 radical (unpaired) electrons. The number of hydrogen-bond acceptors (Lipinski definition) is 6. The Morgan fingerprint density at radius 1 is 1.20 bits per heavy atom. The summed E-state index contributed by atoms with van der Waals surface area (Å²) in [6.45, 7) is 2.77. The van der Waals surface area contributed by atoms with Crippen molar-refractivity contribution in [3.05, 3.63) is 41.5 Å². The monoisotopic (exact) mass is 411 g/mol. The number of imidazole rings is 1. The molecule has 0 bridgehead atoms. The fraction of sp³-hybridized carbons (Fsp3) is 0.476. The van der Waals surface area contributed by atoms with Crippen molar-refractivity contribution in [3.63, 3.8) is 0 Å². The smallest absolute Gasteiger partial charge is 0.251 e. The predicted molar refractivity (Wildman–Crippen MR) is 107 cm³/mol. The lowest BCUT2D eigenvalue weighted by atomic mass is 9.80. The van der Waals surface area contributed by atoms with Gasteiger partial charge in [0.25, 0.3) is 5.91 Å². The molecule has 1 spiro atoms. The average molecular weight is 411 g/mol. The number of piperidine rings is 1. The Morgan fingerprint density at radius 2 is 2.03 bits per heavy atom. The molecule has 30 heavy (non-hydrogen) atoms. The van der Waals surface area contributed by atoms with Gasteiger partial charge in [0.1, 0.15) is 0 Å². The van der Waals surface area contributed by atoms with E-state index in [1.165, 1.54) is 5.69 Å². The molecule has 9 heteroatoms. The van der Waals surface area contributed by atoms with Crippen LogP contribution >= 0.6 is 0 Å². The van der Waals surface area contributed by atoms with E-state index in [4.69, 9.17) is 9.47 Å². The molecular formula is C21H25N5O4. The molecule has 1 fully saturated rings. The number of carbonyl (C=O) groups is 2. The van der Waals surface area contributed by atoms with Gasteiger partial charge in [-0.25, -0.2) is 4.98 Å². The van der Waals surface area contributed by atoms with E-state index < -0.39 is 0 Å². The zero-order valence-corrected chi connectivity index (χ0v) is 16.7. The van der Waals surface area contributed by atoms with Crippen molar-refractivity contribution in [1.29, 1.82) is 0 Å². The lowest BCUT2D eigenvalue weighted by molar-refractivity contribution is -0.132. The van der Waals surface area contributed by atoms with Crippen LogP contribution < -0.4 is 20.1 Å². The molecule has 2 aromatic rings. The summed E-state index contributed by atoms with van der Waals surface area (Å²) in [5, 5.41) is 6.45. The van der Waals surface area contributed by atoms with Gasteiger partial charge in [-0.1, -0.05) is 0 Å². The Kier molecular flexibility index (Phi) is 4.82. The Balaban J connectivity index is 1.11. The fourth-order valence-corrected chi connectivity index (χ4v) is 4.57. The molecule has 0 aliphatic carbocycles. The van der Waals surface area contributed by atoms with E-state index in [2.05, 4.69) is 20.6 Å². The van der Waals surface area contributed by atoms with E-state index >= 15 is 0 Å². The highest BCUT2D eigenvalue weighted by atomic mass is 16.7. The first-order valence-corrected chi connectivity index (χ1v) is 10.4. The van der Waals surface area contributed by atoms with Crippen LogP contribution in [-0.4, -0.2) is 59.7 Å². The number of ether oxygens (including phenoxy) is 2. The van der Waals surface area contributed by atoms with Crippen molar-refractivity contribution >= 4 is 11.8 Å². The van der Waals surface area contributed by atoms with Crippen LogP contribution in [0, 0.1) is 0 Å². The lowest BCUT2D eigenvalue weighted by Gasteiger charge is -2.44. The summed E-state index contributed by atoms with van der Waals surface area (Å²) >= 11 is 0. The van der Waals surface area contributed by atoms with Crippen LogP contribution in [0.1, 0.15) is 41.0 Å². The van der Waals surface area contributed by atoms with Gasteiger partial charge < -0.3 is 30.0 Å². The van der Waals surface area contributed by atoms with E-state index in [9.17, 15) is 9.59 Å². The third-order valence-corrected chi connectivity index (χ3v) is 6.24. The van der Waals surface area contributed by atoms with Crippen molar-refractivity contribution in [2.75, 3.05) is 33.0 Å². The maximum atomic E-state index is 12.6. The molecule has 1 aromatic carbocycles. The van der Waals surface area contributed by atoms with Gasteiger partial charge in [-0.15, -0.1) is 0 Å². The van der Waals surface area contributed by atoms with Crippen molar-refractivity contribution in [3.8, 4) is 11.5 Å². The largest absolute Gasteiger partial charge is 0.454 e. The maximum absolute atomic E-state index is 12.6. The number of rotatable bonds is 4. The third kappa shape index (κ3) is 3.39. The van der Waals surface area contributed by atoms with E-state index in [-0.39, 0.29) is 30.6 Å². The van der Waals surface area contributed by atoms with Gasteiger partial charge in [-0.3, -0.25) is 9.59 Å². The van der Waals surface area contributed by atoms with E-state index in [1.807, 2.05) is 4.90 Å². The first-order valence-electron chi connectivity index (χ1n) is 10.4. The minimum atomic E-state index is -0.226. The predicted octanol–water partition coefficient (Wildman–Crippen LogP) is 0.922. The number of amides is 2. The number of aromatic amines is 1. The number of H-pyrrole nitrogens is 1. The molecule has 3 aliphatic heterocycles. The Labute approximate surface area is 174 Å². The molecular weight excluding hydrogens is 386 g/mol. The second-order valence-corrected chi connectivity index (χ2v) is 7.94. The molecule has 1 saturated heterocycles. The van der Waals surface area contributed by atoms with Crippen LogP contribution in [0.3, 0.4) is 0 Å². The molecule has 158 valence electrons. The van der Waals surface area contributed by atoms with Gasteiger partial charge >= 0.3 is 0 Å². The highest BCUT2D eigenvalue weighted by molar-refractivity contribution is 5.95. The first-order chi connectivity index (χ1) is 14.6. The number of aromatic nitrogens is 2. The number of fused-ring (bicyclic) bond motifs is 3. The molecule has 4 heterocycles. The summed E-state index contributed by atoms with van der Waals surface area (Å²) in [6, 6.07) is 5.06. The van der Waals surface area contributed by atoms with Crippen LogP contribution in [-0.2, 0) is 16.8 Å². The number of nitrogens with zero attached hydrogens (tertiary/aromatic N) is 2. The summed E-state index contributed by atoms with van der Waals surface area (Å²) in [6.07, 6.45) is 4.70. The summed E-state index contributed by atoms with van der Waals surface area (Å²) < 4.78 is 10.6. The zero-order valence-electron chi connectivity index (χ0n) is 16.7. The van der Waals surface area contributed by atoms with Crippen LogP contribution in [0.25, 0.3) is 0 Å². The van der Waals surface area contributed by atoms with Crippen molar-refractivity contribution in [1.82, 2.24) is 25.5 Å². The van der Waals surface area contributed by atoms with Crippen molar-refractivity contribution < 1.29 is 19.1 Å². The number of likely N-dealkylation sites (tertiary alicyclic amines) is 1. The first kappa shape index (κ1) is 18.9. The van der Waals surface area contributed by atoms with Crippen molar-refractivity contribution in [2.45, 2.75) is 31.2 Å². The van der Waals surface area contributed by atoms with Crippen LogP contribution in [0.15, 0.2) is 24.5 Å². The topological polar surface area (TPSA) is 109 Å². The van der Waals surface area contributed by atoms with Gasteiger partial charge in [0.15, 0.2) is 11.5 Å². The second-order valence-electron chi connectivity index (χ2n) is 7.94. The molecule has 2 amide bonds. The number of carbonyl (C=O) groups excluding carboxylic acids is 2. The molecule has 1 aromatic heterocycles. The number of benzene rings is 1. The molecule has 9 nitrogen and oxygen atoms in total. The highest BCUT2D eigenvalue weighted by Crippen LogP contribution is 2.36. The lowest BCUT2D eigenvalue weighted by Crippen LogP contribution is -2.55. The van der Waals surface area contributed by atoms with Gasteiger partial charge in [0.05, 0.1) is 17.6 Å². The SMILES string of the molecule is O=C(NCCC(=O)N1CCC2(CC1)NCCc1[nH]cnc12)c1ccc2c(c1)OCO2. The molecule has 3 aliphatic rings. The fourth-order valence-electron chi connectivity index (χ4n) is 4.57. The van der Waals surface area contributed by atoms with Crippen molar-refractivity contribution in [2.24, 2.45) is 0 Å². The van der Waals surface area contributed by atoms with Gasteiger partial charge in [-0.2, -0.15) is 0 Å². The second kappa shape index (κ2) is 7.64. The summed E-state index contributed by atoms with van der Waals surface area (Å²) in [5.74, 6) is 1.04. The van der Waals surface area contributed by atoms with Crippen LogP contribution in [0.4, 0.5) is 0 Å². The van der Waals surface area contributed by atoms with E-state index in [1.54, 1.807) is 24.5 Å². The Bertz CT molecular complexity index is 964. The van der Waals surface area contributed by atoms with Crippen LogP contribution in [0.5, 0.6) is 11.5 Å². The minimum Gasteiger partial charge on any atom is -0.454 e. The quantitative estimate of drug-likeness (QED) is 0.691. The van der Waals surface area contributed by atoms with Gasteiger partial charge in [-0.05, 0) is 31.0 Å². The third-order valence-electron chi connectivity index (χ3n) is 6.24. The average Bonchev–Trinajstić information content (AvgIpc) is 3.43. The van der Waals surface area contributed by atoms with E-state index in [0.717, 1.165) is 31.5 Å². The van der Waals surface area contributed by atoms with Gasteiger partial charge in [0.2, 0.25) is 12.7 Å². The Morgan fingerprint density at radius 3 is 2.90 bits per heavy atom. The maximum Gasteiger partial charge on any atom is 0.251 e. The molecule has 3 N–H and O–H groups in total. The molecule has 0 unspecified atom stereocenters. The van der Waals surface area contributed by atoms with Gasteiger partial charge in [0, 0.05) is 50.3 Å². The summed E-state index contributed by atoms with van der Waals surface area (Å²) in [4.78, 5) is 34.6.